The van der Waals surface area contributed by atoms with Crippen LogP contribution in [0.25, 0.3) is 0 Å². The van der Waals surface area contributed by atoms with Gasteiger partial charge in [0.1, 0.15) is 18.9 Å². The highest BCUT2D eigenvalue weighted by molar-refractivity contribution is 7.92. The van der Waals surface area contributed by atoms with Crippen molar-refractivity contribution in [3.05, 3.63) is 88.4 Å². The summed E-state index contributed by atoms with van der Waals surface area (Å²) in [7, 11) is -4.05. The molecular formula is C26H28Cl2N2O4S. The molecule has 0 unspecified atom stereocenters. The van der Waals surface area contributed by atoms with E-state index in [0.717, 1.165) is 4.31 Å². The molecule has 0 aliphatic carbocycles. The second-order valence-corrected chi connectivity index (χ2v) is 11.7. The lowest BCUT2D eigenvalue weighted by molar-refractivity contribution is -0.119. The molecular weight excluding hydrogens is 507 g/mol. The van der Waals surface area contributed by atoms with E-state index in [2.05, 4.69) is 26.1 Å². The smallest absolute Gasteiger partial charge is 0.264 e. The first-order valence-corrected chi connectivity index (χ1v) is 13.2. The number of ether oxygens (including phenoxy) is 1. The third kappa shape index (κ3) is 7.37. The molecule has 0 aliphatic rings. The zero-order valence-corrected chi connectivity index (χ0v) is 22.1. The van der Waals surface area contributed by atoms with Gasteiger partial charge in [-0.25, -0.2) is 8.42 Å². The largest absolute Gasteiger partial charge is 0.492 e. The molecule has 3 aromatic rings. The SMILES string of the molecule is CC(C)(C)c1ccc(OCCNC(=O)CN(c2cccc(Cl)c2)S(=O)(=O)c2ccc(Cl)cc2)cc1. The summed E-state index contributed by atoms with van der Waals surface area (Å²) in [4.78, 5) is 12.7. The maximum atomic E-state index is 13.3. The Morgan fingerprint density at radius 3 is 2.20 bits per heavy atom. The number of rotatable bonds is 9. The van der Waals surface area contributed by atoms with Crippen molar-refractivity contribution in [3.8, 4) is 5.75 Å². The van der Waals surface area contributed by atoms with E-state index < -0.39 is 22.5 Å². The molecule has 0 fully saturated rings. The van der Waals surface area contributed by atoms with Gasteiger partial charge in [0.05, 0.1) is 17.1 Å². The maximum Gasteiger partial charge on any atom is 0.264 e. The first kappa shape index (κ1) is 26.9. The standard InChI is InChI=1S/C26H28Cl2N2O4S/c1-26(2,3)19-7-11-23(12-8-19)34-16-15-29-25(31)18-30(22-6-4-5-21(28)17-22)35(32,33)24-13-9-20(27)10-14-24/h4-14,17H,15-16,18H2,1-3H3,(H,29,31). The summed E-state index contributed by atoms with van der Waals surface area (Å²) in [6, 6.07) is 19.9. The van der Waals surface area contributed by atoms with Crippen LogP contribution in [-0.4, -0.2) is 34.0 Å². The summed E-state index contributed by atoms with van der Waals surface area (Å²) in [6.07, 6.45) is 0. The lowest BCUT2D eigenvalue weighted by Crippen LogP contribution is -2.41. The van der Waals surface area contributed by atoms with Crippen LogP contribution in [0, 0.1) is 0 Å². The topological polar surface area (TPSA) is 75.7 Å². The van der Waals surface area contributed by atoms with Gasteiger partial charge in [0.25, 0.3) is 10.0 Å². The predicted octanol–water partition coefficient (Wildman–Crippen LogP) is 5.68. The number of nitrogens with one attached hydrogen (secondary N) is 1. The van der Waals surface area contributed by atoms with Crippen molar-refractivity contribution in [2.24, 2.45) is 0 Å². The first-order chi connectivity index (χ1) is 16.5. The third-order valence-electron chi connectivity index (χ3n) is 5.20. The molecule has 0 saturated carbocycles. The highest BCUT2D eigenvalue weighted by Crippen LogP contribution is 2.27. The number of carbonyl (C=O) groups is 1. The van der Waals surface area contributed by atoms with Crippen LogP contribution >= 0.6 is 23.2 Å². The molecule has 35 heavy (non-hydrogen) atoms. The third-order valence-corrected chi connectivity index (χ3v) is 7.47. The van der Waals surface area contributed by atoms with Crippen LogP contribution in [0.3, 0.4) is 0 Å². The number of hydrogen-bond acceptors (Lipinski definition) is 4. The minimum Gasteiger partial charge on any atom is -0.492 e. The molecule has 9 heteroatoms. The number of benzene rings is 3. The highest BCUT2D eigenvalue weighted by Gasteiger charge is 2.27. The fourth-order valence-corrected chi connectivity index (χ4v) is 5.00. The molecule has 0 radical (unpaired) electrons. The summed E-state index contributed by atoms with van der Waals surface area (Å²) in [5, 5.41) is 3.47. The Kier molecular flexibility index (Phi) is 8.70. The van der Waals surface area contributed by atoms with Crippen LogP contribution in [-0.2, 0) is 20.2 Å². The lowest BCUT2D eigenvalue weighted by Gasteiger charge is -2.24. The van der Waals surface area contributed by atoms with Crippen molar-refractivity contribution >= 4 is 44.8 Å². The number of nitrogens with zero attached hydrogens (tertiary/aromatic N) is 1. The van der Waals surface area contributed by atoms with Gasteiger partial charge in [-0.1, -0.05) is 62.2 Å². The molecule has 0 atom stereocenters. The molecule has 3 rings (SSSR count). The Morgan fingerprint density at radius 1 is 0.943 bits per heavy atom. The van der Waals surface area contributed by atoms with Gasteiger partial charge in [-0.05, 0) is 65.6 Å². The number of sulfonamides is 1. The van der Waals surface area contributed by atoms with E-state index in [9.17, 15) is 13.2 Å². The second kappa shape index (κ2) is 11.3. The van der Waals surface area contributed by atoms with E-state index >= 15 is 0 Å². The van der Waals surface area contributed by atoms with Gasteiger partial charge in [-0.15, -0.1) is 0 Å². The zero-order chi connectivity index (χ0) is 25.6. The number of carbonyl (C=O) groups excluding carboxylic acids is 1. The molecule has 0 aromatic heterocycles. The monoisotopic (exact) mass is 534 g/mol. The molecule has 0 heterocycles. The Bertz CT molecular complexity index is 1260. The molecule has 3 aromatic carbocycles. The van der Waals surface area contributed by atoms with Crippen LogP contribution in [0.1, 0.15) is 26.3 Å². The predicted molar refractivity (Wildman–Crippen MR) is 141 cm³/mol. The van der Waals surface area contributed by atoms with Crippen molar-refractivity contribution in [1.82, 2.24) is 5.32 Å². The summed E-state index contributed by atoms with van der Waals surface area (Å²) in [5.41, 5.74) is 1.52. The number of anilines is 1. The van der Waals surface area contributed by atoms with E-state index in [1.807, 2.05) is 24.3 Å². The summed E-state index contributed by atoms with van der Waals surface area (Å²) < 4.78 is 33.4. The van der Waals surface area contributed by atoms with Crippen molar-refractivity contribution in [2.75, 3.05) is 24.0 Å². The molecule has 1 amide bonds. The van der Waals surface area contributed by atoms with Gasteiger partial charge < -0.3 is 10.1 Å². The Balaban J connectivity index is 1.65. The fourth-order valence-electron chi connectivity index (χ4n) is 3.28. The van der Waals surface area contributed by atoms with Crippen LogP contribution in [0.4, 0.5) is 5.69 Å². The summed E-state index contributed by atoms with van der Waals surface area (Å²) in [5.74, 6) is 0.215. The molecule has 0 spiro atoms. The van der Waals surface area contributed by atoms with Crippen LogP contribution in [0.2, 0.25) is 10.0 Å². The minimum absolute atomic E-state index is 0.0108. The van der Waals surface area contributed by atoms with Crippen molar-refractivity contribution < 1.29 is 17.9 Å². The fraction of sp³-hybridized carbons (Fsp3) is 0.269. The lowest BCUT2D eigenvalue weighted by atomic mass is 9.87. The van der Waals surface area contributed by atoms with Gasteiger partial charge in [0.2, 0.25) is 5.91 Å². The molecule has 0 saturated heterocycles. The Labute approximate surface area is 216 Å². The number of halogens is 2. The molecule has 186 valence electrons. The van der Waals surface area contributed by atoms with E-state index in [1.54, 1.807) is 18.2 Å². The van der Waals surface area contributed by atoms with E-state index in [0.29, 0.717) is 15.8 Å². The normalized spacial score (nSPS) is 11.7. The Morgan fingerprint density at radius 2 is 1.60 bits per heavy atom. The van der Waals surface area contributed by atoms with E-state index in [4.69, 9.17) is 27.9 Å². The number of amides is 1. The van der Waals surface area contributed by atoms with Gasteiger partial charge in [-0.3, -0.25) is 9.10 Å². The van der Waals surface area contributed by atoms with Crippen LogP contribution in [0.5, 0.6) is 5.75 Å². The molecule has 6 nitrogen and oxygen atoms in total. The van der Waals surface area contributed by atoms with E-state index in [-0.39, 0.29) is 29.1 Å². The summed E-state index contributed by atoms with van der Waals surface area (Å²) in [6.45, 7) is 6.44. The Hall–Kier alpha value is -2.74. The van der Waals surface area contributed by atoms with Crippen molar-refractivity contribution in [1.29, 1.82) is 0 Å². The van der Waals surface area contributed by atoms with Gasteiger partial charge >= 0.3 is 0 Å². The average molecular weight is 535 g/mol. The minimum atomic E-state index is -4.05. The van der Waals surface area contributed by atoms with Gasteiger partial charge in [0.15, 0.2) is 0 Å². The van der Waals surface area contributed by atoms with Gasteiger partial charge in [0, 0.05) is 10.0 Å². The van der Waals surface area contributed by atoms with Crippen molar-refractivity contribution in [2.45, 2.75) is 31.1 Å². The number of hydrogen-bond donors (Lipinski definition) is 1. The molecule has 1 N–H and O–H groups in total. The van der Waals surface area contributed by atoms with Gasteiger partial charge in [-0.2, -0.15) is 0 Å². The van der Waals surface area contributed by atoms with Crippen LogP contribution < -0.4 is 14.4 Å². The maximum absolute atomic E-state index is 13.3. The zero-order valence-electron chi connectivity index (χ0n) is 19.8. The van der Waals surface area contributed by atoms with Crippen LogP contribution in [0.15, 0.2) is 77.7 Å². The highest BCUT2D eigenvalue weighted by atomic mass is 35.5. The quantitative estimate of drug-likeness (QED) is 0.358. The average Bonchev–Trinajstić information content (AvgIpc) is 2.80. The summed E-state index contributed by atoms with van der Waals surface area (Å²) >= 11 is 12.0. The molecule has 0 aliphatic heterocycles. The second-order valence-electron chi connectivity index (χ2n) is 8.92. The first-order valence-electron chi connectivity index (χ1n) is 11.0. The van der Waals surface area contributed by atoms with Crippen molar-refractivity contribution in [3.63, 3.8) is 0 Å². The molecule has 0 bridgehead atoms. The van der Waals surface area contributed by atoms with E-state index in [1.165, 1.54) is 35.9 Å².